The van der Waals surface area contributed by atoms with E-state index < -0.39 is 17.2 Å². The number of aromatic nitrogens is 4. The number of esters is 1. The van der Waals surface area contributed by atoms with Crippen LogP contribution in [0, 0.1) is 44.8 Å². The Morgan fingerprint density at radius 2 is 0.911 bits per heavy atom. The summed E-state index contributed by atoms with van der Waals surface area (Å²) in [5.41, 5.74) is 2.59. The summed E-state index contributed by atoms with van der Waals surface area (Å²) < 4.78 is 24.7. The summed E-state index contributed by atoms with van der Waals surface area (Å²) in [4.78, 5) is 127. The van der Waals surface area contributed by atoms with Crippen molar-refractivity contribution in [3.05, 3.63) is 114 Å². The monoisotopic (exact) mass is 1480 g/mol. The maximum Gasteiger partial charge on any atom is 0.303 e. The molecule has 3 heterocycles. The third-order valence-electron chi connectivity index (χ3n) is 11.5. The first-order valence-corrected chi connectivity index (χ1v) is 34.5. The Bertz CT molecular complexity index is 3240. The first-order chi connectivity index (χ1) is 42.8. The highest BCUT2D eigenvalue weighted by Crippen LogP contribution is 2.23. The summed E-state index contributed by atoms with van der Waals surface area (Å²) >= 11 is 3.84. The van der Waals surface area contributed by atoms with Crippen molar-refractivity contribution >= 4 is 96.9 Å². The molecule has 0 bridgehead atoms. The minimum Gasteiger partial charge on any atom is -0.458 e. The van der Waals surface area contributed by atoms with E-state index in [2.05, 4.69) is 55.6 Å². The van der Waals surface area contributed by atoms with Crippen molar-refractivity contribution in [2.75, 3.05) is 6.61 Å². The fourth-order valence-electron chi connectivity index (χ4n) is 6.49. The molecule has 0 aliphatic heterocycles. The van der Waals surface area contributed by atoms with Crippen LogP contribution in [-0.4, -0.2) is 76.1 Å². The zero-order chi connectivity index (χ0) is 75.5. The number of carbonyl (C=O) groups excluding carboxylic acids is 9. The van der Waals surface area contributed by atoms with Gasteiger partial charge in [0, 0.05) is 78.2 Å². The molecule has 4 aromatic rings. The minimum atomic E-state index is -0.465. The summed E-state index contributed by atoms with van der Waals surface area (Å²) in [5, 5.41) is 2.93. The number of allylic oxidation sites excluding steroid dienone is 8. The van der Waals surface area contributed by atoms with Gasteiger partial charge in [-0.15, -0.1) is 0 Å². The minimum absolute atomic E-state index is 0. The van der Waals surface area contributed by atoms with Crippen LogP contribution >= 0.6 is 34.6 Å². The van der Waals surface area contributed by atoms with Gasteiger partial charge in [-0.05, 0) is 107 Å². The van der Waals surface area contributed by atoms with E-state index in [0.29, 0.717) is 35.6 Å². The summed E-state index contributed by atoms with van der Waals surface area (Å²) in [6.45, 7) is 59.1. The second-order valence-corrected chi connectivity index (χ2v) is 33.4. The summed E-state index contributed by atoms with van der Waals surface area (Å²) in [7, 11) is 0. The van der Waals surface area contributed by atoms with Gasteiger partial charge in [0.05, 0.1) is 23.2 Å². The van der Waals surface area contributed by atoms with Crippen LogP contribution in [0.25, 0.3) is 10.1 Å². The van der Waals surface area contributed by atoms with Gasteiger partial charge in [-0.2, -0.15) is 4.37 Å². The Hall–Kier alpha value is -6.38. The topological polar surface area (TPSA) is 233 Å². The highest BCUT2D eigenvalue weighted by Gasteiger charge is 2.22. The average Bonchev–Trinajstić information content (AvgIpc) is 1.67. The van der Waals surface area contributed by atoms with Crippen LogP contribution in [-0.2, 0) is 56.2 Å². The Kier molecular flexibility index (Phi) is 63.3. The molecule has 101 heavy (non-hydrogen) atoms. The molecule has 0 atom stereocenters. The molecule has 0 fully saturated rings. The van der Waals surface area contributed by atoms with Crippen LogP contribution < -0.4 is 11.1 Å². The van der Waals surface area contributed by atoms with Gasteiger partial charge in [-0.3, -0.25) is 60.7 Å². The van der Waals surface area contributed by atoms with Crippen molar-refractivity contribution in [2.24, 2.45) is 44.8 Å². The molecule has 1 aromatic carbocycles. The number of benzene rings is 1. The molecular weight excluding hydrogens is 1340 g/mol. The molecule has 4 rings (SSSR count). The van der Waals surface area contributed by atoms with Crippen molar-refractivity contribution in [3.63, 3.8) is 0 Å². The number of rotatable bonds is 18. The molecule has 0 spiro atoms. The van der Waals surface area contributed by atoms with Crippen LogP contribution in [0.15, 0.2) is 92.2 Å². The Balaban J connectivity index is -0.000000117. The number of ketones is 8. The molecule has 0 aliphatic rings. The summed E-state index contributed by atoms with van der Waals surface area (Å²) in [5.74, 6) is 0.950. The zero-order valence-corrected chi connectivity index (χ0v) is 66.1. The summed E-state index contributed by atoms with van der Waals surface area (Å²) in [6.07, 6.45) is 7.87. The Morgan fingerprint density at radius 3 is 1.19 bits per heavy atom. The van der Waals surface area contributed by atoms with E-state index in [-0.39, 0.29) is 161 Å². The van der Waals surface area contributed by atoms with Gasteiger partial charge in [0.1, 0.15) is 18.3 Å². The van der Waals surface area contributed by atoms with Gasteiger partial charge in [0.15, 0.2) is 51.3 Å². The summed E-state index contributed by atoms with van der Waals surface area (Å²) in [6, 6.07) is 8.90. The standard InChI is InChI=1S/C12H13NO2S.2C10H18O.C9H14N2OS.C9H16O3.C9H16O.C8H13FO.C8H11NO2S.6CH4/c1-8(2)10(14)7-13-12(15)9-5-3-4-6-11(9)16-13;2*1-8(2)6-9(11)7-10(3,4)5;1-5(2)7(12)9-10-8(6(3)4)11-13-9;1-7(10)12-6-8(11)5-9(2,3)4;1-7(2)6-8(10)9(3,4)5;1-6(9)5-7(10)8(2,3)4;1-6(2)7(10)5-9-8(11)3-4-12-9;;;;;;/h3-6,8H,7H2,1-2H3;2*6H,7H2,1-5H3;5-6H,1-4H3;5-6H2,1-4H3;6H,1-5H3;5H,1-4H3;3-4,6H,5H2,1-2H3;6*1H4/b;;;;;;6-5-;;;;;;;. The lowest BCUT2D eigenvalue weighted by Gasteiger charge is -2.16. The number of Topliss-reactive ketones (excluding diaryl/α,β-unsaturated/α-hetero) is 4. The van der Waals surface area contributed by atoms with E-state index in [1.165, 1.54) is 62.4 Å². The molecule has 0 radical (unpaired) electrons. The molecule has 584 valence electrons. The van der Waals surface area contributed by atoms with Crippen LogP contribution in [0.3, 0.4) is 0 Å². The van der Waals surface area contributed by atoms with E-state index >= 15 is 0 Å². The van der Waals surface area contributed by atoms with Gasteiger partial charge >= 0.3 is 5.97 Å². The van der Waals surface area contributed by atoms with E-state index in [9.17, 15) is 57.1 Å². The van der Waals surface area contributed by atoms with Gasteiger partial charge in [0.2, 0.25) is 0 Å². The predicted molar refractivity (Wildman–Crippen MR) is 434 cm³/mol. The quantitative estimate of drug-likeness (QED) is 0.0512. The second-order valence-electron chi connectivity index (χ2n) is 30.7. The van der Waals surface area contributed by atoms with Crippen molar-refractivity contribution in [3.8, 4) is 0 Å². The molecule has 0 saturated carbocycles. The number of hydrogen-bond donors (Lipinski definition) is 0. The molecular formula is C81H143FN4O12S3. The molecule has 0 unspecified atom stereocenters. The maximum atomic E-state index is 12.1. The molecule has 0 amide bonds. The maximum absolute atomic E-state index is 12.1. The third-order valence-corrected chi connectivity index (χ3v) is 14.1. The van der Waals surface area contributed by atoms with E-state index in [1.54, 1.807) is 50.4 Å². The molecule has 3 aromatic heterocycles. The first-order valence-electron chi connectivity index (χ1n) is 32.1. The predicted octanol–water partition coefficient (Wildman–Crippen LogP) is 22.3. The average molecular weight is 1480 g/mol. The SMILES string of the molecule is C.C.C.C.C.C.C/C(F)=C/C(=O)C(C)(C)C.CC(=O)OCC(=O)CC(C)(C)C.CC(C)=CC(=O)C(C)(C)C.CC(C)=CC(=O)CC(C)(C)C.CC(C)=CC(=O)CC(C)(C)C.CC(C)C(=O)Cn1sc2ccccc2c1=O.CC(C)C(=O)Cn1sccc1=O.CC(C)C(=O)c1nc(C(C)C)ns1. The third kappa shape index (κ3) is 63.1. The fourth-order valence-corrected chi connectivity index (χ4v) is 9.08. The number of ether oxygens (including phenoxy) is 1. The number of nitrogens with zero attached hydrogens (tertiary/aromatic N) is 4. The first kappa shape index (κ1) is 116. The zero-order valence-electron chi connectivity index (χ0n) is 63.6. The van der Waals surface area contributed by atoms with Crippen molar-refractivity contribution < 1.29 is 52.3 Å². The lowest BCUT2D eigenvalue weighted by atomic mass is 9.89. The smallest absolute Gasteiger partial charge is 0.303 e. The van der Waals surface area contributed by atoms with E-state index in [0.717, 1.165) is 33.3 Å². The van der Waals surface area contributed by atoms with Gasteiger partial charge < -0.3 is 4.74 Å². The van der Waals surface area contributed by atoms with Gasteiger partial charge in [-0.1, -0.05) is 256 Å². The number of halogens is 1. The molecule has 0 saturated heterocycles. The van der Waals surface area contributed by atoms with Crippen LogP contribution in [0.5, 0.6) is 0 Å². The number of hydrogen-bond acceptors (Lipinski definition) is 17. The van der Waals surface area contributed by atoms with E-state index in [4.69, 9.17) is 0 Å². The van der Waals surface area contributed by atoms with Crippen molar-refractivity contribution in [2.45, 2.75) is 297 Å². The highest BCUT2D eigenvalue weighted by molar-refractivity contribution is 7.13. The van der Waals surface area contributed by atoms with E-state index in [1.807, 2.05) is 157 Å². The van der Waals surface area contributed by atoms with Crippen molar-refractivity contribution in [1.82, 2.24) is 17.3 Å². The lowest BCUT2D eigenvalue weighted by molar-refractivity contribution is -0.146. The largest absolute Gasteiger partial charge is 0.458 e. The molecule has 0 aliphatic carbocycles. The number of carbonyl (C=O) groups is 9. The van der Waals surface area contributed by atoms with Gasteiger partial charge in [0.25, 0.3) is 11.1 Å². The molecule has 0 N–H and O–H groups in total. The van der Waals surface area contributed by atoms with Crippen LogP contribution in [0.1, 0.15) is 300 Å². The lowest BCUT2D eigenvalue weighted by Crippen LogP contribution is -2.21. The fraction of sp³-hybridized carbons (Fsp3) is 0.642. The normalized spacial score (nSPS) is 10.6. The Labute approximate surface area is 625 Å². The Morgan fingerprint density at radius 1 is 0.525 bits per heavy atom. The van der Waals surface area contributed by atoms with Crippen LogP contribution in [0.2, 0.25) is 0 Å². The highest BCUT2D eigenvalue weighted by atomic mass is 32.1. The van der Waals surface area contributed by atoms with Crippen molar-refractivity contribution in [1.29, 1.82) is 0 Å². The molecule has 20 heteroatoms. The van der Waals surface area contributed by atoms with Crippen LogP contribution in [0.4, 0.5) is 4.39 Å². The molecule has 16 nitrogen and oxygen atoms in total. The van der Waals surface area contributed by atoms with Gasteiger partial charge in [-0.25, -0.2) is 9.37 Å². The second kappa shape index (κ2) is 55.2. The number of fused-ring (bicyclic) bond motifs is 1.